The SMILES string of the molecule is O=C(c1ccc(-c2ccccc2)cc1)c1ccc(F)c(F)c1F. The first kappa shape index (κ1) is 15.0. The number of hydrogen-bond acceptors (Lipinski definition) is 1. The first-order valence-corrected chi connectivity index (χ1v) is 6.91. The predicted molar refractivity (Wildman–Crippen MR) is 81.6 cm³/mol. The lowest BCUT2D eigenvalue weighted by atomic mass is 9.99. The molecule has 3 rings (SSSR count). The fraction of sp³-hybridized carbons (Fsp3) is 0. The molecule has 0 N–H and O–H groups in total. The molecule has 0 bridgehead atoms. The Hall–Kier alpha value is -2.88. The molecule has 0 aliphatic heterocycles. The lowest BCUT2D eigenvalue weighted by molar-refractivity contribution is 0.103. The van der Waals surface area contributed by atoms with Gasteiger partial charge in [0.1, 0.15) is 0 Å². The van der Waals surface area contributed by atoms with E-state index < -0.39 is 28.8 Å². The summed E-state index contributed by atoms with van der Waals surface area (Å²) in [6.45, 7) is 0. The van der Waals surface area contributed by atoms with Crippen molar-refractivity contribution in [3.8, 4) is 11.1 Å². The Morgan fingerprint density at radius 3 is 1.91 bits per heavy atom. The summed E-state index contributed by atoms with van der Waals surface area (Å²) in [7, 11) is 0. The summed E-state index contributed by atoms with van der Waals surface area (Å²) in [5, 5.41) is 0. The van der Waals surface area contributed by atoms with Gasteiger partial charge in [-0.2, -0.15) is 0 Å². The van der Waals surface area contributed by atoms with Gasteiger partial charge in [0, 0.05) is 5.56 Å². The molecule has 114 valence electrons. The molecule has 0 saturated heterocycles. The van der Waals surface area contributed by atoms with E-state index in [-0.39, 0.29) is 5.56 Å². The van der Waals surface area contributed by atoms with Gasteiger partial charge in [0.05, 0.1) is 5.56 Å². The Morgan fingerprint density at radius 1 is 0.652 bits per heavy atom. The molecule has 0 aliphatic rings. The molecule has 3 aromatic rings. The third kappa shape index (κ3) is 2.88. The van der Waals surface area contributed by atoms with Crippen LogP contribution in [0.4, 0.5) is 13.2 Å². The molecular formula is C19H11F3O. The van der Waals surface area contributed by atoms with Gasteiger partial charge in [-0.15, -0.1) is 0 Å². The molecule has 0 saturated carbocycles. The minimum Gasteiger partial charge on any atom is -0.288 e. The standard InChI is InChI=1S/C19H11F3O/c20-16-11-10-15(17(21)18(16)22)19(23)14-8-6-13(7-9-14)12-4-2-1-3-5-12/h1-11H. The predicted octanol–water partition coefficient (Wildman–Crippen LogP) is 5.00. The van der Waals surface area contributed by atoms with Crippen LogP contribution in [0, 0.1) is 17.5 Å². The van der Waals surface area contributed by atoms with Gasteiger partial charge in [-0.3, -0.25) is 4.79 Å². The Kier molecular flexibility index (Phi) is 3.98. The summed E-state index contributed by atoms with van der Waals surface area (Å²) in [6, 6.07) is 17.7. The average molecular weight is 312 g/mol. The van der Waals surface area contributed by atoms with Gasteiger partial charge in [0.2, 0.25) is 0 Å². The van der Waals surface area contributed by atoms with Crippen LogP contribution in [0.2, 0.25) is 0 Å². The summed E-state index contributed by atoms with van der Waals surface area (Å²) in [5.41, 5.74) is 1.59. The largest absolute Gasteiger partial charge is 0.288 e. The van der Waals surface area contributed by atoms with Crippen LogP contribution in [-0.4, -0.2) is 5.78 Å². The quantitative estimate of drug-likeness (QED) is 0.491. The lowest BCUT2D eigenvalue weighted by Crippen LogP contribution is -2.07. The van der Waals surface area contributed by atoms with E-state index in [2.05, 4.69) is 0 Å². The van der Waals surface area contributed by atoms with Crippen molar-refractivity contribution in [3.05, 3.63) is 95.3 Å². The highest BCUT2D eigenvalue weighted by molar-refractivity contribution is 6.09. The van der Waals surface area contributed by atoms with E-state index in [1.165, 1.54) is 12.1 Å². The zero-order valence-electron chi connectivity index (χ0n) is 11.9. The van der Waals surface area contributed by atoms with E-state index in [0.717, 1.165) is 23.3 Å². The van der Waals surface area contributed by atoms with Crippen molar-refractivity contribution >= 4 is 5.78 Å². The Balaban J connectivity index is 1.94. The molecule has 4 heteroatoms. The molecule has 0 unspecified atom stereocenters. The van der Waals surface area contributed by atoms with E-state index in [1.54, 1.807) is 12.1 Å². The summed E-state index contributed by atoms with van der Waals surface area (Å²) in [6.07, 6.45) is 0. The second-order valence-electron chi connectivity index (χ2n) is 5.00. The molecule has 0 spiro atoms. The molecule has 0 aliphatic carbocycles. The number of carbonyl (C=O) groups excluding carboxylic acids is 1. The lowest BCUT2D eigenvalue weighted by Gasteiger charge is -2.06. The Labute approximate surface area is 131 Å². The molecule has 0 atom stereocenters. The average Bonchev–Trinajstić information content (AvgIpc) is 2.60. The topological polar surface area (TPSA) is 17.1 Å². The monoisotopic (exact) mass is 312 g/mol. The highest BCUT2D eigenvalue weighted by Gasteiger charge is 2.19. The van der Waals surface area contributed by atoms with Crippen LogP contribution in [0.5, 0.6) is 0 Å². The van der Waals surface area contributed by atoms with Crippen molar-refractivity contribution in [1.82, 2.24) is 0 Å². The molecular weight excluding hydrogens is 301 g/mol. The van der Waals surface area contributed by atoms with Crippen molar-refractivity contribution in [2.75, 3.05) is 0 Å². The molecule has 23 heavy (non-hydrogen) atoms. The van der Waals surface area contributed by atoms with Gasteiger partial charge in [0.15, 0.2) is 23.2 Å². The van der Waals surface area contributed by atoms with Gasteiger partial charge >= 0.3 is 0 Å². The summed E-state index contributed by atoms with van der Waals surface area (Å²) >= 11 is 0. The van der Waals surface area contributed by atoms with Crippen LogP contribution in [0.1, 0.15) is 15.9 Å². The number of halogens is 3. The van der Waals surface area contributed by atoms with E-state index in [9.17, 15) is 18.0 Å². The zero-order chi connectivity index (χ0) is 16.4. The van der Waals surface area contributed by atoms with Crippen molar-refractivity contribution < 1.29 is 18.0 Å². The first-order valence-electron chi connectivity index (χ1n) is 6.91. The van der Waals surface area contributed by atoms with E-state index >= 15 is 0 Å². The minimum atomic E-state index is -1.64. The maximum absolute atomic E-state index is 13.7. The molecule has 0 aromatic heterocycles. The fourth-order valence-corrected chi connectivity index (χ4v) is 2.30. The first-order chi connectivity index (χ1) is 11.1. The molecule has 0 fully saturated rings. The minimum absolute atomic E-state index is 0.203. The highest BCUT2D eigenvalue weighted by Crippen LogP contribution is 2.22. The second-order valence-corrected chi connectivity index (χ2v) is 5.00. The third-order valence-corrected chi connectivity index (χ3v) is 3.53. The summed E-state index contributed by atoms with van der Waals surface area (Å²) < 4.78 is 39.9. The molecule has 0 heterocycles. The van der Waals surface area contributed by atoms with Gasteiger partial charge in [-0.1, -0.05) is 54.6 Å². The molecule has 0 amide bonds. The number of carbonyl (C=O) groups is 1. The van der Waals surface area contributed by atoms with Crippen molar-refractivity contribution in [2.24, 2.45) is 0 Å². The van der Waals surface area contributed by atoms with E-state index in [1.807, 2.05) is 30.3 Å². The maximum atomic E-state index is 13.7. The smallest absolute Gasteiger partial charge is 0.196 e. The van der Waals surface area contributed by atoms with Crippen LogP contribution in [0.25, 0.3) is 11.1 Å². The van der Waals surface area contributed by atoms with Gasteiger partial charge < -0.3 is 0 Å². The summed E-state index contributed by atoms with van der Waals surface area (Å²) in [5.74, 6) is -5.13. The fourth-order valence-electron chi connectivity index (χ4n) is 2.30. The van der Waals surface area contributed by atoms with Crippen molar-refractivity contribution in [1.29, 1.82) is 0 Å². The van der Waals surface area contributed by atoms with E-state index in [4.69, 9.17) is 0 Å². The Morgan fingerprint density at radius 2 is 1.26 bits per heavy atom. The van der Waals surface area contributed by atoms with Gasteiger partial charge in [-0.05, 0) is 23.3 Å². The normalized spacial score (nSPS) is 10.6. The molecule has 1 nitrogen and oxygen atoms in total. The van der Waals surface area contributed by atoms with Gasteiger partial charge in [0.25, 0.3) is 0 Å². The third-order valence-electron chi connectivity index (χ3n) is 3.53. The summed E-state index contributed by atoms with van der Waals surface area (Å²) in [4.78, 5) is 12.2. The van der Waals surface area contributed by atoms with E-state index in [0.29, 0.717) is 0 Å². The zero-order valence-corrected chi connectivity index (χ0v) is 11.9. The van der Waals surface area contributed by atoms with Crippen molar-refractivity contribution in [3.63, 3.8) is 0 Å². The second kappa shape index (κ2) is 6.08. The van der Waals surface area contributed by atoms with Crippen LogP contribution >= 0.6 is 0 Å². The van der Waals surface area contributed by atoms with Crippen LogP contribution in [0.15, 0.2) is 66.7 Å². The maximum Gasteiger partial charge on any atom is 0.196 e. The number of ketones is 1. The van der Waals surface area contributed by atoms with Gasteiger partial charge in [-0.25, -0.2) is 13.2 Å². The number of hydrogen-bond donors (Lipinski definition) is 0. The number of benzene rings is 3. The van der Waals surface area contributed by atoms with Crippen LogP contribution in [-0.2, 0) is 0 Å². The molecule has 0 radical (unpaired) electrons. The van der Waals surface area contributed by atoms with Crippen LogP contribution < -0.4 is 0 Å². The van der Waals surface area contributed by atoms with Crippen molar-refractivity contribution in [2.45, 2.75) is 0 Å². The molecule has 3 aromatic carbocycles. The number of rotatable bonds is 3. The van der Waals surface area contributed by atoms with Crippen LogP contribution in [0.3, 0.4) is 0 Å². The Bertz CT molecular complexity index is 856. The highest BCUT2D eigenvalue weighted by atomic mass is 19.2.